The SMILES string of the molecule is CC(=O)c1ccc2[nH]c(CCOC=O)cc2c1. The number of ether oxygens (including phenoxy) is 1. The van der Waals surface area contributed by atoms with Gasteiger partial charge < -0.3 is 9.72 Å². The van der Waals surface area contributed by atoms with Gasteiger partial charge in [-0.1, -0.05) is 0 Å². The molecule has 0 aliphatic carbocycles. The van der Waals surface area contributed by atoms with Crippen LogP contribution in [0.15, 0.2) is 24.3 Å². The van der Waals surface area contributed by atoms with Gasteiger partial charge in [0.2, 0.25) is 0 Å². The molecule has 1 heterocycles. The number of hydrogen-bond acceptors (Lipinski definition) is 3. The van der Waals surface area contributed by atoms with E-state index in [1.165, 1.54) is 0 Å². The second-order valence-electron chi connectivity index (χ2n) is 3.87. The van der Waals surface area contributed by atoms with E-state index in [1.807, 2.05) is 18.2 Å². The summed E-state index contributed by atoms with van der Waals surface area (Å²) in [4.78, 5) is 24.5. The van der Waals surface area contributed by atoms with E-state index < -0.39 is 0 Å². The number of H-pyrrole nitrogens is 1. The van der Waals surface area contributed by atoms with E-state index in [0.717, 1.165) is 16.6 Å². The number of hydrogen-bond donors (Lipinski definition) is 1. The summed E-state index contributed by atoms with van der Waals surface area (Å²) >= 11 is 0. The van der Waals surface area contributed by atoms with Crippen molar-refractivity contribution >= 4 is 23.2 Å². The number of benzene rings is 1. The Labute approximate surface area is 98.6 Å². The highest BCUT2D eigenvalue weighted by Gasteiger charge is 2.04. The van der Waals surface area contributed by atoms with Crippen molar-refractivity contribution < 1.29 is 14.3 Å². The number of aromatic amines is 1. The van der Waals surface area contributed by atoms with Gasteiger partial charge in [-0.15, -0.1) is 0 Å². The van der Waals surface area contributed by atoms with Crippen LogP contribution < -0.4 is 0 Å². The number of fused-ring (bicyclic) bond motifs is 1. The normalized spacial score (nSPS) is 10.4. The smallest absolute Gasteiger partial charge is 0.293 e. The van der Waals surface area contributed by atoms with E-state index in [-0.39, 0.29) is 5.78 Å². The highest BCUT2D eigenvalue weighted by atomic mass is 16.5. The van der Waals surface area contributed by atoms with Gasteiger partial charge in [0.15, 0.2) is 5.78 Å². The monoisotopic (exact) mass is 231 g/mol. The zero-order valence-corrected chi connectivity index (χ0v) is 9.53. The third-order valence-electron chi connectivity index (χ3n) is 2.64. The second kappa shape index (κ2) is 4.82. The van der Waals surface area contributed by atoms with Gasteiger partial charge in [0.25, 0.3) is 6.47 Å². The molecule has 0 unspecified atom stereocenters. The van der Waals surface area contributed by atoms with Gasteiger partial charge in [-0.25, -0.2) is 0 Å². The van der Waals surface area contributed by atoms with E-state index in [4.69, 9.17) is 0 Å². The predicted molar refractivity (Wildman–Crippen MR) is 64.0 cm³/mol. The van der Waals surface area contributed by atoms with Crippen molar-refractivity contribution in [1.29, 1.82) is 0 Å². The van der Waals surface area contributed by atoms with Gasteiger partial charge in [0.1, 0.15) is 0 Å². The summed E-state index contributed by atoms with van der Waals surface area (Å²) in [7, 11) is 0. The van der Waals surface area contributed by atoms with Crippen molar-refractivity contribution in [3.8, 4) is 0 Å². The second-order valence-corrected chi connectivity index (χ2v) is 3.87. The molecule has 2 rings (SSSR count). The molecule has 2 aromatic rings. The molecule has 0 saturated carbocycles. The summed E-state index contributed by atoms with van der Waals surface area (Å²) in [6.45, 7) is 2.35. The summed E-state index contributed by atoms with van der Waals surface area (Å²) in [6.07, 6.45) is 0.642. The Morgan fingerprint density at radius 3 is 2.94 bits per heavy atom. The molecule has 1 aromatic carbocycles. The first-order valence-electron chi connectivity index (χ1n) is 5.38. The Hall–Kier alpha value is -2.10. The van der Waals surface area contributed by atoms with Crippen LogP contribution in [0.4, 0.5) is 0 Å². The molecule has 0 aliphatic rings. The lowest BCUT2D eigenvalue weighted by Crippen LogP contribution is -1.96. The van der Waals surface area contributed by atoms with Gasteiger partial charge in [0.05, 0.1) is 6.61 Å². The number of carbonyl (C=O) groups is 2. The number of aromatic nitrogens is 1. The van der Waals surface area contributed by atoms with Crippen LogP contribution >= 0.6 is 0 Å². The lowest BCUT2D eigenvalue weighted by molar-refractivity contribution is -0.128. The summed E-state index contributed by atoms with van der Waals surface area (Å²) in [5, 5.41) is 0.999. The van der Waals surface area contributed by atoms with Crippen LogP contribution in [0.1, 0.15) is 23.0 Å². The molecule has 0 saturated heterocycles. The van der Waals surface area contributed by atoms with Crippen LogP contribution in [0, 0.1) is 0 Å². The maximum absolute atomic E-state index is 11.2. The third kappa shape index (κ3) is 2.53. The van der Waals surface area contributed by atoms with E-state index in [9.17, 15) is 9.59 Å². The van der Waals surface area contributed by atoms with Gasteiger partial charge in [-0.3, -0.25) is 9.59 Å². The Kier molecular flexibility index (Phi) is 3.23. The van der Waals surface area contributed by atoms with E-state index in [0.29, 0.717) is 25.1 Å². The van der Waals surface area contributed by atoms with Crippen molar-refractivity contribution in [2.75, 3.05) is 6.61 Å². The van der Waals surface area contributed by atoms with Crippen LogP contribution in [0.25, 0.3) is 10.9 Å². The lowest BCUT2D eigenvalue weighted by Gasteiger charge is -1.95. The van der Waals surface area contributed by atoms with Crippen molar-refractivity contribution in [3.63, 3.8) is 0 Å². The van der Waals surface area contributed by atoms with Crippen LogP contribution in [0.5, 0.6) is 0 Å². The topological polar surface area (TPSA) is 59.2 Å². The van der Waals surface area contributed by atoms with Crippen LogP contribution in [-0.4, -0.2) is 23.8 Å². The number of nitrogens with one attached hydrogen (secondary N) is 1. The first-order valence-corrected chi connectivity index (χ1v) is 5.38. The van der Waals surface area contributed by atoms with Gasteiger partial charge in [-0.05, 0) is 31.2 Å². The molecule has 0 spiro atoms. The zero-order valence-electron chi connectivity index (χ0n) is 9.53. The predicted octanol–water partition coefficient (Wildman–Crippen LogP) is 2.09. The average molecular weight is 231 g/mol. The van der Waals surface area contributed by atoms with E-state index >= 15 is 0 Å². The number of rotatable bonds is 5. The summed E-state index contributed by atoms with van der Waals surface area (Å²) < 4.78 is 4.64. The summed E-state index contributed by atoms with van der Waals surface area (Å²) in [6, 6.07) is 7.51. The molecule has 0 bridgehead atoms. The quantitative estimate of drug-likeness (QED) is 0.487. The maximum atomic E-state index is 11.2. The largest absolute Gasteiger partial charge is 0.467 e. The molecule has 1 aromatic heterocycles. The highest BCUT2D eigenvalue weighted by Crippen LogP contribution is 2.18. The van der Waals surface area contributed by atoms with E-state index in [1.54, 1.807) is 13.0 Å². The number of carbonyl (C=O) groups excluding carboxylic acids is 2. The molecule has 0 amide bonds. The molecule has 88 valence electrons. The molecule has 0 aliphatic heterocycles. The van der Waals surface area contributed by atoms with Gasteiger partial charge >= 0.3 is 0 Å². The Morgan fingerprint density at radius 1 is 1.41 bits per heavy atom. The highest BCUT2D eigenvalue weighted by molar-refractivity contribution is 5.98. The molecule has 4 heteroatoms. The fourth-order valence-corrected chi connectivity index (χ4v) is 1.76. The Bertz CT molecular complexity index is 557. The number of Topliss-reactive ketones (excluding diaryl/α,β-unsaturated/α-hetero) is 1. The fraction of sp³-hybridized carbons (Fsp3) is 0.231. The molecule has 4 nitrogen and oxygen atoms in total. The molecule has 17 heavy (non-hydrogen) atoms. The molecule has 0 atom stereocenters. The zero-order chi connectivity index (χ0) is 12.3. The van der Waals surface area contributed by atoms with Crippen molar-refractivity contribution in [2.45, 2.75) is 13.3 Å². The van der Waals surface area contributed by atoms with Crippen LogP contribution in [0.3, 0.4) is 0 Å². The fourth-order valence-electron chi connectivity index (χ4n) is 1.76. The summed E-state index contributed by atoms with van der Waals surface area (Å²) in [5.41, 5.74) is 2.67. The average Bonchev–Trinajstić information content (AvgIpc) is 2.70. The molecule has 0 radical (unpaired) electrons. The number of ketones is 1. The minimum Gasteiger partial charge on any atom is -0.467 e. The molecular formula is C13H13NO3. The van der Waals surface area contributed by atoms with Crippen LogP contribution in [0.2, 0.25) is 0 Å². The maximum Gasteiger partial charge on any atom is 0.293 e. The Morgan fingerprint density at radius 2 is 2.24 bits per heavy atom. The van der Waals surface area contributed by atoms with Crippen molar-refractivity contribution in [1.82, 2.24) is 4.98 Å². The minimum atomic E-state index is 0.0546. The first kappa shape index (κ1) is 11.4. The first-order chi connectivity index (χ1) is 8.20. The molecular weight excluding hydrogens is 218 g/mol. The lowest BCUT2D eigenvalue weighted by atomic mass is 10.1. The van der Waals surface area contributed by atoms with Gasteiger partial charge in [0, 0.05) is 28.6 Å². The summed E-state index contributed by atoms with van der Waals surface area (Å²) in [5.74, 6) is 0.0546. The van der Waals surface area contributed by atoms with Crippen LogP contribution in [-0.2, 0) is 16.0 Å². The van der Waals surface area contributed by atoms with E-state index in [2.05, 4.69) is 9.72 Å². The molecule has 1 N–H and O–H groups in total. The van der Waals surface area contributed by atoms with Crippen molar-refractivity contribution in [2.24, 2.45) is 0 Å². The standard InChI is InChI=1S/C13H13NO3/c1-9(16)10-2-3-13-11(6-10)7-12(14-13)4-5-17-8-15/h2-3,6-8,14H,4-5H2,1H3. The minimum absolute atomic E-state index is 0.0546. The van der Waals surface area contributed by atoms with Crippen molar-refractivity contribution in [3.05, 3.63) is 35.5 Å². The van der Waals surface area contributed by atoms with Gasteiger partial charge in [-0.2, -0.15) is 0 Å². The molecule has 0 fully saturated rings. The Balaban J connectivity index is 2.24. The third-order valence-corrected chi connectivity index (χ3v) is 2.64.